The van der Waals surface area contributed by atoms with Gasteiger partial charge in [-0.3, -0.25) is 9.97 Å². The van der Waals surface area contributed by atoms with Crippen LogP contribution in [0, 0.1) is 0 Å². The smallest absolute Gasteiger partial charge is 0.0572 e. The fourth-order valence-electron chi connectivity index (χ4n) is 2.20. The lowest BCUT2D eigenvalue weighted by molar-refractivity contribution is 0.558. The van der Waals surface area contributed by atoms with Gasteiger partial charge in [0.2, 0.25) is 0 Å². The molecule has 112 valence electrons. The van der Waals surface area contributed by atoms with Crippen molar-refractivity contribution in [2.24, 2.45) is 0 Å². The van der Waals surface area contributed by atoms with Gasteiger partial charge in [-0.25, -0.2) is 0 Å². The molecule has 0 fully saturated rings. The molecule has 4 heteroatoms. The van der Waals surface area contributed by atoms with Crippen molar-refractivity contribution in [1.29, 1.82) is 0 Å². The van der Waals surface area contributed by atoms with Gasteiger partial charge in [-0.05, 0) is 43.7 Å². The lowest BCUT2D eigenvalue weighted by Gasteiger charge is -2.20. The van der Waals surface area contributed by atoms with Gasteiger partial charge in [0, 0.05) is 32.0 Å². The summed E-state index contributed by atoms with van der Waals surface area (Å²) in [6.07, 6.45) is 6.77. The second kappa shape index (κ2) is 7.74. The van der Waals surface area contributed by atoms with Crippen molar-refractivity contribution in [1.82, 2.24) is 15.3 Å². The van der Waals surface area contributed by atoms with Gasteiger partial charge in [-0.1, -0.05) is 13.0 Å². The van der Waals surface area contributed by atoms with Crippen molar-refractivity contribution >= 4 is 5.69 Å². The first kappa shape index (κ1) is 15.4. The normalized spacial score (nSPS) is 12.1. The predicted molar refractivity (Wildman–Crippen MR) is 87.3 cm³/mol. The van der Waals surface area contributed by atoms with E-state index in [2.05, 4.69) is 59.3 Å². The Morgan fingerprint density at radius 1 is 1.24 bits per heavy atom. The van der Waals surface area contributed by atoms with Crippen LogP contribution in [0.3, 0.4) is 0 Å². The first-order chi connectivity index (χ1) is 10.2. The van der Waals surface area contributed by atoms with Crippen LogP contribution in [0.2, 0.25) is 0 Å². The SMILES string of the molecule is CCCNC(C)c1ccc(N(C)Cc2cccnc2)cn1. The van der Waals surface area contributed by atoms with Crippen molar-refractivity contribution < 1.29 is 0 Å². The van der Waals surface area contributed by atoms with Gasteiger partial charge in [0.1, 0.15) is 0 Å². The van der Waals surface area contributed by atoms with Gasteiger partial charge in [0.25, 0.3) is 0 Å². The molecular weight excluding hydrogens is 260 g/mol. The molecule has 0 aliphatic carbocycles. The maximum Gasteiger partial charge on any atom is 0.0572 e. The minimum atomic E-state index is 0.294. The molecule has 1 unspecified atom stereocenters. The minimum absolute atomic E-state index is 0.294. The summed E-state index contributed by atoms with van der Waals surface area (Å²) < 4.78 is 0. The molecule has 0 saturated carbocycles. The Kier molecular flexibility index (Phi) is 5.69. The van der Waals surface area contributed by atoms with Crippen LogP contribution in [-0.4, -0.2) is 23.6 Å². The van der Waals surface area contributed by atoms with E-state index >= 15 is 0 Å². The lowest BCUT2D eigenvalue weighted by atomic mass is 10.2. The number of nitrogens with one attached hydrogen (secondary N) is 1. The summed E-state index contributed by atoms with van der Waals surface area (Å²) in [5.74, 6) is 0. The van der Waals surface area contributed by atoms with Gasteiger partial charge in [0.15, 0.2) is 0 Å². The number of rotatable bonds is 7. The molecule has 2 rings (SSSR count). The van der Waals surface area contributed by atoms with E-state index in [1.807, 2.05) is 18.5 Å². The Morgan fingerprint density at radius 2 is 2.10 bits per heavy atom. The first-order valence-electron chi connectivity index (χ1n) is 7.50. The van der Waals surface area contributed by atoms with E-state index in [4.69, 9.17) is 0 Å². The van der Waals surface area contributed by atoms with E-state index in [1.165, 1.54) is 5.56 Å². The van der Waals surface area contributed by atoms with Gasteiger partial charge in [-0.15, -0.1) is 0 Å². The molecule has 4 nitrogen and oxygen atoms in total. The molecule has 0 aliphatic rings. The Hall–Kier alpha value is -1.94. The minimum Gasteiger partial charge on any atom is -0.369 e. The summed E-state index contributed by atoms with van der Waals surface area (Å²) in [5, 5.41) is 3.45. The van der Waals surface area contributed by atoms with E-state index in [-0.39, 0.29) is 0 Å². The summed E-state index contributed by atoms with van der Waals surface area (Å²) in [6.45, 7) is 6.17. The maximum absolute atomic E-state index is 4.57. The zero-order valence-corrected chi connectivity index (χ0v) is 13.1. The maximum atomic E-state index is 4.57. The Bertz CT molecular complexity index is 524. The number of nitrogens with zero attached hydrogens (tertiary/aromatic N) is 3. The second-order valence-electron chi connectivity index (χ2n) is 5.33. The topological polar surface area (TPSA) is 41.0 Å². The van der Waals surface area contributed by atoms with Crippen LogP contribution < -0.4 is 10.2 Å². The lowest BCUT2D eigenvalue weighted by Crippen LogP contribution is -2.21. The summed E-state index contributed by atoms with van der Waals surface area (Å²) >= 11 is 0. The highest BCUT2D eigenvalue weighted by atomic mass is 15.1. The van der Waals surface area contributed by atoms with E-state index in [0.717, 1.165) is 30.9 Å². The molecule has 1 N–H and O–H groups in total. The summed E-state index contributed by atoms with van der Waals surface area (Å²) in [5.41, 5.74) is 3.40. The van der Waals surface area contributed by atoms with E-state index < -0.39 is 0 Å². The van der Waals surface area contributed by atoms with Crippen LogP contribution in [-0.2, 0) is 6.54 Å². The molecule has 0 radical (unpaired) electrons. The highest BCUT2D eigenvalue weighted by molar-refractivity contribution is 5.44. The molecule has 1 atom stereocenters. The van der Waals surface area contributed by atoms with Crippen LogP contribution in [0.5, 0.6) is 0 Å². The molecule has 0 saturated heterocycles. The third-order valence-electron chi connectivity index (χ3n) is 3.50. The second-order valence-corrected chi connectivity index (χ2v) is 5.33. The predicted octanol–water partition coefficient (Wildman–Crippen LogP) is 3.17. The van der Waals surface area contributed by atoms with Crippen LogP contribution >= 0.6 is 0 Å². The number of hydrogen-bond donors (Lipinski definition) is 1. The van der Waals surface area contributed by atoms with Crippen LogP contribution in [0.4, 0.5) is 5.69 Å². The van der Waals surface area contributed by atoms with Crippen molar-refractivity contribution in [2.45, 2.75) is 32.9 Å². The van der Waals surface area contributed by atoms with Gasteiger partial charge >= 0.3 is 0 Å². The summed E-state index contributed by atoms with van der Waals surface area (Å²) in [7, 11) is 2.07. The zero-order valence-electron chi connectivity index (χ0n) is 13.1. The molecule has 0 amide bonds. The van der Waals surface area contributed by atoms with E-state index in [9.17, 15) is 0 Å². The van der Waals surface area contributed by atoms with Crippen LogP contribution in [0.25, 0.3) is 0 Å². The molecule has 21 heavy (non-hydrogen) atoms. The molecule has 2 aromatic heterocycles. The molecule has 2 heterocycles. The summed E-state index contributed by atoms with van der Waals surface area (Å²) in [6, 6.07) is 8.57. The van der Waals surface area contributed by atoms with Crippen molar-refractivity contribution in [3.63, 3.8) is 0 Å². The van der Waals surface area contributed by atoms with Crippen LogP contribution in [0.1, 0.15) is 37.6 Å². The zero-order chi connectivity index (χ0) is 15.1. The third kappa shape index (κ3) is 4.53. The third-order valence-corrected chi connectivity index (χ3v) is 3.50. The molecule has 0 aliphatic heterocycles. The molecule has 0 bridgehead atoms. The Labute approximate surface area is 127 Å². The number of anilines is 1. The standard InChI is InChI=1S/C17H24N4/c1-4-9-19-14(2)17-8-7-16(12-20-17)21(3)13-15-6-5-10-18-11-15/h5-8,10-12,14,19H,4,9,13H2,1-3H3. The number of pyridine rings is 2. The Balaban J connectivity index is 1.98. The number of aromatic nitrogens is 2. The molecule has 0 spiro atoms. The Morgan fingerprint density at radius 3 is 2.71 bits per heavy atom. The van der Waals surface area contributed by atoms with Gasteiger partial charge in [-0.2, -0.15) is 0 Å². The largest absolute Gasteiger partial charge is 0.369 e. The van der Waals surface area contributed by atoms with Gasteiger partial charge in [0.05, 0.1) is 17.6 Å². The highest BCUT2D eigenvalue weighted by Crippen LogP contribution is 2.17. The highest BCUT2D eigenvalue weighted by Gasteiger charge is 2.07. The van der Waals surface area contributed by atoms with E-state index in [1.54, 1.807) is 6.20 Å². The molecule has 2 aromatic rings. The fourth-order valence-corrected chi connectivity index (χ4v) is 2.20. The quantitative estimate of drug-likeness (QED) is 0.848. The summed E-state index contributed by atoms with van der Waals surface area (Å²) in [4.78, 5) is 10.9. The molecule has 0 aromatic carbocycles. The fraction of sp³-hybridized carbons (Fsp3) is 0.412. The van der Waals surface area contributed by atoms with Crippen molar-refractivity contribution in [2.75, 3.05) is 18.5 Å². The monoisotopic (exact) mass is 284 g/mol. The molecular formula is C17H24N4. The van der Waals surface area contributed by atoms with Gasteiger partial charge < -0.3 is 10.2 Å². The van der Waals surface area contributed by atoms with Crippen LogP contribution in [0.15, 0.2) is 42.9 Å². The number of hydrogen-bond acceptors (Lipinski definition) is 4. The van der Waals surface area contributed by atoms with E-state index in [0.29, 0.717) is 6.04 Å². The van der Waals surface area contributed by atoms with Crippen molar-refractivity contribution in [3.05, 3.63) is 54.1 Å². The first-order valence-corrected chi connectivity index (χ1v) is 7.50. The van der Waals surface area contributed by atoms with Crippen molar-refractivity contribution in [3.8, 4) is 0 Å². The average molecular weight is 284 g/mol. The average Bonchev–Trinajstić information content (AvgIpc) is 2.53.